The number of nitrogens with zero attached hydrogens (tertiary/aromatic N) is 2. The van der Waals surface area contributed by atoms with Gasteiger partial charge in [-0.3, -0.25) is 0 Å². The minimum atomic E-state index is 0.551. The van der Waals surface area contributed by atoms with Crippen LogP contribution in [0.1, 0.15) is 31.7 Å². The molecule has 1 aromatic rings. The molecule has 1 rings (SSSR count). The second kappa shape index (κ2) is 3.30. The summed E-state index contributed by atoms with van der Waals surface area (Å²) in [7, 11) is 0. The smallest absolute Gasteiger partial charge is 0.117 e. The van der Waals surface area contributed by atoms with Gasteiger partial charge in [0.2, 0.25) is 0 Å². The molecule has 1 radical (unpaired) electrons. The summed E-state index contributed by atoms with van der Waals surface area (Å²) in [5, 5.41) is 7.34. The summed E-state index contributed by atoms with van der Waals surface area (Å²) in [6.45, 7) is 4.31. The lowest BCUT2D eigenvalue weighted by Crippen LogP contribution is -1.92. The molecule has 0 bridgehead atoms. The summed E-state index contributed by atoms with van der Waals surface area (Å²) < 4.78 is 0. The Balaban J connectivity index is 2.75. The van der Waals surface area contributed by atoms with Crippen molar-refractivity contribution in [1.82, 2.24) is 10.2 Å². The van der Waals surface area contributed by atoms with Gasteiger partial charge in [0, 0.05) is 6.20 Å². The fourth-order valence-electron chi connectivity index (χ4n) is 0.765. The average Bonchev–Trinajstić information content (AvgIpc) is 2.05. The molecule has 1 atom stereocenters. The summed E-state index contributed by atoms with van der Waals surface area (Å²) in [5.74, 6) is 0.551. The molecular formula is C8H11N2. The van der Waals surface area contributed by atoms with E-state index in [1.807, 2.05) is 6.07 Å². The Kier molecular flexibility index (Phi) is 2.37. The van der Waals surface area contributed by atoms with Crippen molar-refractivity contribution in [2.45, 2.75) is 26.2 Å². The molecular weight excluding hydrogens is 124 g/mol. The van der Waals surface area contributed by atoms with Gasteiger partial charge in [-0.05, 0) is 24.0 Å². The van der Waals surface area contributed by atoms with E-state index in [1.165, 1.54) is 0 Å². The molecule has 10 heavy (non-hydrogen) atoms. The van der Waals surface area contributed by atoms with Gasteiger partial charge >= 0.3 is 0 Å². The van der Waals surface area contributed by atoms with Crippen LogP contribution >= 0.6 is 0 Å². The predicted octanol–water partition coefficient (Wildman–Crippen LogP) is 1.79. The van der Waals surface area contributed by atoms with Crippen molar-refractivity contribution in [3.05, 3.63) is 24.0 Å². The highest BCUT2D eigenvalue weighted by molar-refractivity contribution is 5.09. The lowest BCUT2D eigenvalue weighted by molar-refractivity contribution is 0.722. The van der Waals surface area contributed by atoms with Crippen LogP contribution in [0, 0.1) is 6.20 Å². The maximum absolute atomic E-state index is 3.68. The molecule has 1 aromatic heterocycles. The van der Waals surface area contributed by atoms with E-state index in [9.17, 15) is 0 Å². The van der Waals surface area contributed by atoms with Crippen LogP contribution in [0.15, 0.2) is 12.3 Å². The van der Waals surface area contributed by atoms with Gasteiger partial charge in [0.1, 0.15) is 6.20 Å². The second-order valence-corrected chi connectivity index (χ2v) is 2.41. The van der Waals surface area contributed by atoms with Crippen LogP contribution in [-0.4, -0.2) is 10.2 Å². The molecule has 2 heteroatoms. The lowest BCUT2D eigenvalue weighted by atomic mass is 10.0. The van der Waals surface area contributed by atoms with Gasteiger partial charge in [-0.15, -0.1) is 5.10 Å². The van der Waals surface area contributed by atoms with Crippen molar-refractivity contribution in [3.8, 4) is 0 Å². The van der Waals surface area contributed by atoms with Crippen molar-refractivity contribution in [1.29, 1.82) is 0 Å². The zero-order chi connectivity index (χ0) is 7.40. The molecule has 2 nitrogen and oxygen atoms in total. The first-order valence-electron chi connectivity index (χ1n) is 3.54. The molecule has 0 aliphatic carbocycles. The van der Waals surface area contributed by atoms with E-state index < -0.39 is 0 Å². The molecule has 0 saturated heterocycles. The van der Waals surface area contributed by atoms with E-state index in [0.717, 1.165) is 12.0 Å². The average molecular weight is 135 g/mol. The van der Waals surface area contributed by atoms with E-state index in [1.54, 1.807) is 6.20 Å². The Morgan fingerprint density at radius 2 is 2.50 bits per heavy atom. The van der Waals surface area contributed by atoms with Gasteiger partial charge in [0.05, 0.1) is 0 Å². The van der Waals surface area contributed by atoms with Crippen molar-refractivity contribution in [2.75, 3.05) is 0 Å². The highest BCUT2D eigenvalue weighted by Crippen LogP contribution is 2.14. The Morgan fingerprint density at radius 1 is 1.70 bits per heavy atom. The molecule has 1 unspecified atom stereocenters. The van der Waals surface area contributed by atoms with Crippen LogP contribution < -0.4 is 0 Å². The standard InChI is InChI=1S/C8H11N2/c1-3-7(2)8-4-5-9-10-6-8/h4-5,7H,3H2,1-2H3. The van der Waals surface area contributed by atoms with Crippen LogP contribution in [0.4, 0.5) is 0 Å². The zero-order valence-electron chi connectivity index (χ0n) is 6.33. The van der Waals surface area contributed by atoms with Gasteiger partial charge in [0.25, 0.3) is 0 Å². The normalized spacial score (nSPS) is 13.0. The number of rotatable bonds is 2. The Hall–Kier alpha value is -0.920. The van der Waals surface area contributed by atoms with Gasteiger partial charge in [-0.1, -0.05) is 13.8 Å². The largest absolute Gasteiger partial charge is 0.158 e. The zero-order valence-corrected chi connectivity index (χ0v) is 6.33. The Bertz CT molecular complexity index is 184. The molecule has 0 N–H and O–H groups in total. The first-order chi connectivity index (χ1) is 4.84. The Morgan fingerprint density at radius 3 is 3.00 bits per heavy atom. The van der Waals surface area contributed by atoms with Gasteiger partial charge in [0.15, 0.2) is 0 Å². The van der Waals surface area contributed by atoms with Crippen molar-refractivity contribution in [3.63, 3.8) is 0 Å². The van der Waals surface area contributed by atoms with Crippen LogP contribution in [-0.2, 0) is 0 Å². The first kappa shape index (κ1) is 7.19. The van der Waals surface area contributed by atoms with Crippen LogP contribution in [0.3, 0.4) is 0 Å². The quantitative estimate of drug-likeness (QED) is 0.617. The third kappa shape index (κ3) is 1.53. The van der Waals surface area contributed by atoms with E-state index in [4.69, 9.17) is 0 Å². The maximum Gasteiger partial charge on any atom is 0.117 e. The minimum absolute atomic E-state index is 0.551. The van der Waals surface area contributed by atoms with Crippen molar-refractivity contribution in [2.24, 2.45) is 0 Å². The van der Waals surface area contributed by atoms with Crippen LogP contribution in [0.25, 0.3) is 0 Å². The third-order valence-electron chi connectivity index (χ3n) is 1.70. The van der Waals surface area contributed by atoms with Gasteiger partial charge in [-0.2, -0.15) is 5.10 Å². The van der Waals surface area contributed by atoms with E-state index >= 15 is 0 Å². The molecule has 0 aromatic carbocycles. The fraction of sp³-hybridized carbons (Fsp3) is 0.500. The summed E-state index contributed by atoms with van der Waals surface area (Å²) >= 11 is 0. The summed E-state index contributed by atoms with van der Waals surface area (Å²) in [5.41, 5.74) is 1.15. The number of hydrogen-bond acceptors (Lipinski definition) is 2. The number of aromatic nitrogens is 2. The van der Waals surface area contributed by atoms with E-state index in [-0.39, 0.29) is 0 Å². The van der Waals surface area contributed by atoms with Crippen molar-refractivity contribution >= 4 is 0 Å². The van der Waals surface area contributed by atoms with Crippen molar-refractivity contribution < 1.29 is 0 Å². The van der Waals surface area contributed by atoms with Crippen LogP contribution in [0.5, 0.6) is 0 Å². The topological polar surface area (TPSA) is 25.8 Å². The van der Waals surface area contributed by atoms with E-state index in [2.05, 4.69) is 30.2 Å². The molecule has 0 amide bonds. The van der Waals surface area contributed by atoms with Gasteiger partial charge < -0.3 is 0 Å². The maximum atomic E-state index is 3.68. The molecule has 0 aliphatic heterocycles. The molecule has 1 heterocycles. The SMILES string of the molecule is CCC(C)c1[c]nncc1. The predicted molar refractivity (Wildman–Crippen MR) is 39.6 cm³/mol. The summed E-state index contributed by atoms with van der Waals surface area (Å²) in [4.78, 5) is 0. The molecule has 0 aliphatic rings. The first-order valence-corrected chi connectivity index (χ1v) is 3.54. The lowest BCUT2D eigenvalue weighted by Gasteiger charge is -2.04. The molecule has 0 spiro atoms. The van der Waals surface area contributed by atoms with Gasteiger partial charge in [-0.25, -0.2) is 0 Å². The fourth-order valence-corrected chi connectivity index (χ4v) is 0.765. The minimum Gasteiger partial charge on any atom is -0.158 e. The summed E-state index contributed by atoms with van der Waals surface area (Å²) in [6, 6.07) is 1.96. The highest BCUT2D eigenvalue weighted by Gasteiger charge is 2.01. The highest BCUT2D eigenvalue weighted by atomic mass is 15.1. The molecule has 53 valence electrons. The summed E-state index contributed by atoms with van der Waals surface area (Å²) in [6.07, 6.45) is 5.69. The molecule has 0 saturated carbocycles. The number of hydrogen-bond donors (Lipinski definition) is 0. The Labute approximate surface area is 61.3 Å². The van der Waals surface area contributed by atoms with E-state index in [0.29, 0.717) is 5.92 Å². The van der Waals surface area contributed by atoms with Crippen LogP contribution in [0.2, 0.25) is 0 Å². The molecule has 0 fully saturated rings. The second-order valence-electron chi connectivity index (χ2n) is 2.41. The monoisotopic (exact) mass is 135 g/mol. The third-order valence-corrected chi connectivity index (χ3v) is 1.70.